The second-order valence-corrected chi connectivity index (χ2v) is 4.88. The van der Waals surface area contributed by atoms with Crippen LogP contribution in [0.15, 0.2) is 36.7 Å². The molecule has 0 aliphatic rings. The smallest absolute Gasteiger partial charge is 0.244 e. The van der Waals surface area contributed by atoms with Gasteiger partial charge in [0, 0.05) is 24.0 Å². The molecule has 0 aliphatic heterocycles. The molecular weight excluding hydrogens is 252 g/mol. The Bertz CT molecular complexity index is 574. The molecule has 0 saturated carbocycles. The van der Waals surface area contributed by atoms with Gasteiger partial charge in [-0.1, -0.05) is 24.6 Å². The summed E-state index contributed by atoms with van der Waals surface area (Å²) < 4.78 is 1.82. The summed E-state index contributed by atoms with van der Waals surface area (Å²) in [5.74, 6) is -0.415. The SMILES string of the molecule is CCCn1cc(C(Nc2ccc(C)cc2)C(N)=O)cn1. The number of nitrogens with two attached hydrogens (primary N) is 1. The number of aryl methyl sites for hydroxylation is 2. The molecule has 0 radical (unpaired) electrons. The first-order valence-electron chi connectivity index (χ1n) is 6.75. The molecule has 1 aromatic carbocycles. The second kappa shape index (κ2) is 6.23. The molecule has 1 atom stereocenters. The number of amides is 1. The fraction of sp³-hybridized carbons (Fsp3) is 0.333. The summed E-state index contributed by atoms with van der Waals surface area (Å²) in [6.45, 7) is 4.93. The van der Waals surface area contributed by atoms with Gasteiger partial charge in [0.2, 0.25) is 5.91 Å². The Kier molecular flexibility index (Phi) is 4.40. The number of hydrogen-bond donors (Lipinski definition) is 2. The lowest BCUT2D eigenvalue weighted by Gasteiger charge is -2.15. The number of rotatable bonds is 6. The number of benzene rings is 1. The molecule has 1 unspecified atom stereocenters. The Labute approximate surface area is 118 Å². The minimum atomic E-state index is -0.566. The van der Waals surface area contributed by atoms with Crippen LogP contribution in [-0.2, 0) is 11.3 Å². The van der Waals surface area contributed by atoms with Gasteiger partial charge in [-0.25, -0.2) is 0 Å². The van der Waals surface area contributed by atoms with Crippen molar-refractivity contribution in [2.45, 2.75) is 32.9 Å². The van der Waals surface area contributed by atoms with Crippen LogP contribution in [0.5, 0.6) is 0 Å². The van der Waals surface area contributed by atoms with Crippen molar-refractivity contribution in [3.8, 4) is 0 Å². The van der Waals surface area contributed by atoms with Crippen molar-refractivity contribution in [2.75, 3.05) is 5.32 Å². The molecule has 5 heteroatoms. The largest absolute Gasteiger partial charge is 0.370 e. The van der Waals surface area contributed by atoms with Gasteiger partial charge in [-0.05, 0) is 25.5 Å². The number of nitrogens with one attached hydrogen (secondary N) is 1. The van der Waals surface area contributed by atoms with Crippen molar-refractivity contribution in [1.82, 2.24) is 9.78 Å². The van der Waals surface area contributed by atoms with Crippen molar-refractivity contribution in [1.29, 1.82) is 0 Å². The van der Waals surface area contributed by atoms with E-state index in [-0.39, 0.29) is 0 Å². The highest BCUT2D eigenvalue weighted by molar-refractivity contribution is 5.84. The Morgan fingerprint density at radius 3 is 2.70 bits per heavy atom. The van der Waals surface area contributed by atoms with Crippen LogP contribution in [0.1, 0.15) is 30.5 Å². The number of primary amides is 1. The van der Waals surface area contributed by atoms with Crippen molar-refractivity contribution < 1.29 is 4.79 Å². The fourth-order valence-electron chi connectivity index (χ4n) is 2.02. The minimum Gasteiger partial charge on any atom is -0.370 e. The lowest BCUT2D eigenvalue weighted by Crippen LogP contribution is -2.27. The van der Waals surface area contributed by atoms with Gasteiger partial charge < -0.3 is 11.1 Å². The van der Waals surface area contributed by atoms with Crippen LogP contribution in [0.25, 0.3) is 0 Å². The number of hydrogen-bond acceptors (Lipinski definition) is 3. The first kappa shape index (κ1) is 14.1. The predicted molar refractivity (Wildman–Crippen MR) is 79.3 cm³/mol. The molecule has 0 saturated heterocycles. The summed E-state index contributed by atoms with van der Waals surface area (Å²) in [4.78, 5) is 11.7. The highest BCUT2D eigenvalue weighted by Gasteiger charge is 2.19. The van der Waals surface area contributed by atoms with Crippen molar-refractivity contribution in [2.24, 2.45) is 5.73 Å². The van der Waals surface area contributed by atoms with Crippen LogP contribution in [0.3, 0.4) is 0 Å². The van der Waals surface area contributed by atoms with E-state index < -0.39 is 11.9 Å². The first-order chi connectivity index (χ1) is 9.60. The van der Waals surface area contributed by atoms with E-state index in [1.54, 1.807) is 6.20 Å². The Morgan fingerprint density at radius 1 is 1.40 bits per heavy atom. The van der Waals surface area contributed by atoms with E-state index in [0.29, 0.717) is 0 Å². The zero-order chi connectivity index (χ0) is 14.5. The fourth-order valence-corrected chi connectivity index (χ4v) is 2.02. The van der Waals surface area contributed by atoms with Gasteiger partial charge in [0.25, 0.3) is 0 Å². The number of aromatic nitrogens is 2. The van der Waals surface area contributed by atoms with Gasteiger partial charge in [0.05, 0.1) is 6.20 Å². The molecule has 0 fully saturated rings. The van der Waals surface area contributed by atoms with Crippen molar-refractivity contribution in [3.63, 3.8) is 0 Å². The Morgan fingerprint density at radius 2 is 2.10 bits per heavy atom. The first-order valence-corrected chi connectivity index (χ1v) is 6.75. The Hall–Kier alpha value is -2.30. The summed E-state index contributed by atoms with van der Waals surface area (Å²) in [5, 5.41) is 7.38. The molecule has 106 valence electrons. The quantitative estimate of drug-likeness (QED) is 0.847. The molecule has 5 nitrogen and oxygen atoms in total. The minimum absolute atomic E-state index is 0.415. The van der Waals surface area contributed by atoms with E-state index in [1.165, 1.54) is 5.56 Å². The van der Waals surface area contributed by atoms with Gasteiger partial charge in [0.1, 0.15) is 6.04 Å². The maximum atomic E-state index is 11.7. The van der Waals surface area contributed by atoms with Crippen LogP contribution in [0.4, 0.5) is 5.69 Å². The van der Waals surface area contributed by atoms with E-state index in [1.807, 2.05) is 42.1 Å². The Balaban J connectivity index is 2.17. The van der Waals surface area contributed by atoms with E-state index in [9.17, 15) is 4.79 Å². The summed E-state index contributed by atoms with van der Waals surface area (Å²) in [7, 11) is 0. The third-order valence-corrected chi connectivity index (χ3v) is 3.09. The van der Waals surface area contributed by atoms with Gasteiger partial charge in [-0.2, -0.15) is 5.10 Å². The third kappa shape index (κ3) is 3.38. The molecule has 3 N–H and O–H groups in total. The van der Waals surface area contributed by atoms with E-state index in [4.69, 9.17) is 5.73 Å². The van der Waals surface area contributed by atoms with E-state index >= 15 is 0 Å². The zero-order valence-corrected chi connectivity index (χ0v) is 11.8. The van der Waals surface area contributed by atoms with Crippen LogP contribution < -0.4 is 11.1 Å². The summed E-state index contributed by atoms with van der Waals surface area (Å²) in [6, 6.07) is 7.27. The van der Waals surface area contributed by atoms with Crippen LogP contribution in [0, 0.1) is 6.92 Å². The van der Waals surface area contributed by atoms with E-state index in [0.717, 1.165) is 24.2 Å². The predicted octanol–water partition coefficient (Wildman–Crippen LogP) is 2.24. The highest BCUT2D eigenvalue weighted by Crippen LogP contribution is 2.19. The maximum absolute atomic E-state index is 11.7. The molecule has 1 amide bonds. The molecule has 0 aliphatic carbocycles. The average Bonchev–Trinajstić information content (AvgIpc) is 2.86. The highest BCUT2D eigenvalue weighted by atomic mass is 16.1. The lowest BCUT2D eigenvalue weighted by atomic mass is 10.1. The zero-order valence-electron chi connectivity index (χ0n) is 11.8. The summed E-state index contributed by atoms with van der Waals surface area (Å²) >= 11 is 0. The van der Waals surface area contributed by atoms with Crippen LogP contribution >= 0.6 is 0 Å². The van der Waals surface area contributed by atoms with Crippen molar-refractivity contribution in [3.05, 3.63) is 47.8 Å². The molecule has 2 rings (SSSR count). The van der Waals surface area contributed by atoms with Crippen LogP contribution in [0.2, 0.25) is 0 Å². The number of carbonyl (C=O) groups excluding carboxylic acids is 1. The average molecular weight is 272 g/mol. The van der Waals surface area contributed by atoms with Gasteiger partial charge in [-0.15, -0.1) is 0 Å². The molecule has 1 aromatic heterocycles. The number of anilines is 1. The maximum Gasteiger partial charge on any atom is 0.244 e. The van der Waals surface area contributed by atoms with E-state index in [2.05, 4.69) is 17.3 Å². The van der Waals surface area contributed by atoms with Crippen molar-refractivity contribution >= 4 is 11.6 Å². The normalized spacial score (nSPS) is 12.1. The second-order valence-electron chi connectivity index (χ2n) is 4.88. The molecule has 0 spiro atoms. The monoisotopic (exact) mass is 272 g/mol. The van der Waals surface area contributed by atoms with Gasteiger partial charge >= 0.3 is 0 Å². The summed E-state index contributed by atoms with van der Waals surface area (Å²) in [5.41, 5.74) is 8.31. The standard InChI is InChI=1S/C15H20N4O/c1-3-8-19-10-12(9-17-19)14(15(16)20)18-13-6-4-11(2)5-7-13/h4-7,9-10,14,18H,3,8H2,1-2H3,(H2,16,20). The number of carbonyl (C=O) groups is 1. The molecule has 0 bridgehead atoms. The molecular formula is C15H20N4O. The number of nitrogens with zero attached hydrogens (tertiary/aromatic N) is 2. The molecule has 1 heterocycles. The lowest BCUT2D eigenvalue weighted by molar-refractivity contribution is -0.118. The third-order valence-electron chi connectivity index (χ3n) is 3.09. The summed E-state index contributed by atoms with van der Waals surface area (Å²) in [6.07, 6.45) is 4.54. The molecule has 20 heavy (non-hydrogen) atoms. The molecule has 2 aromatic rings. The van der Waals surface area contributed by atoms with Gasteiger partial charge in [-0.3, -0.25) is 9.48 Å². The topological polar surface area (TPSA) is 72.9 Å². The van der Waals surface area contributed by atoms with Crippen LogP contribution in [-0.4, -0.2) is 15.7 Å². The van der Waals surface area contributed by atoms with Gasteiger partial charge in [0.15, 0.2) is 0 Å².